The SMILES string of the molecule is C=C(C)CCC1(C(=C)C)CCOCC1.CC.CCc1ccccc1O.Cc1cccc(C)c1. The van der Waals surface area contributed by atoms with Crippen LogP contribution in [0.1, 0.15) is 77.0 Å². The molecule has 0 aliphatic carbocycles. The van der Waals surface area contributed by atoms with E-state index in [1.54, 1.807) is 6.07 Å². The number of phenolic OH excluding ortho intramolecular Hbond substituents is 1. The van der Waals surface area contributed by atoms with Gasteiger partial charge in [0, 0.05) is 13.2 Å². The molecular weight excluding hydrogens is 404 g/mol. The molecule has 1 N–H and O–H groups in total. The van der Waals surface area contributed by atoms with Crippen LogP contribution in [0.3, 0.4) is 0 Å². The van der Waals surface area contributed by atoms with Crippen molar-refractivity contribution >= 4 is 0 Å². The van der Waals surface area contributed by atoms with Crippen LogP contribution < -0.4 is 0 Å². The lowest BCUT2D eigenvalue weighted by Crippen LogP contribution is -2.30. The molecule has 1 aliphatic rings. The Morgan fingerprint density at radius 1 is 0.939 bits per heavy atom. The van der Waals surface area contributed by atoms with Crippen molar-refractivity contribution in [2.24, 2.45) is 5.41 Å². The average molecular weight is 453 g/mol. The van der Waals surface area contributed by atoms with E-state index >= 15 is 0 Å². The standard InChI is InChI=1S/C13H22O.C8H10O.C8H10.C2H6/c1-11(2)5-6-13(12(3)4)7-9-14-10-8-13;1-2-7-5-3-4-6-8(7)9;1-7-4-3-5-8(2)6-7;1-2/h1,3,5-10H2,2,4H3;3-6,9H,2H2,1H3;3-6H,1-2H3;1-2H3. The van der Waals surface area contributed by atoms with Crippen LogP contribution in [-0.2, 0) is 11.2 Å². The normalized spacial score (nSPS) is 13.7. The minimum Gasteiger partial charge on any atom is -0.508 e. The van der Waals surface area contributed by atoms with Crippen molar-refractivity contribution in [1.82, 2.24) is 0 Å². The highest BCUT2D eigenvalue weighted by Crippen LogP contribution is 2.41. The number of aromatic hydroxyl groups is 1. The highest BCUT2D eigenvalue weighted by molar-refractivity contribution is 5.31. The summed E-state index contributed by atoms with van der Waals surface area (Å²) in [6.07, 6.45) is 5.48. The fourth-order valence-corrected chi connectivity index (χ4v) is 3.72. The van der Waals surface area contributed by atoms with E-state index in [4.69, 9.17) is 9.84 Å². The Balaban J connectivity index is 0.000000469. The maximum atomic E-state index is 9.11. The second kappa shape index (κ2) is 17.2. The van der Waals surface area contributed by atoms with Gasteiger partial charge in [-0.2, -0.15) is 0 Å². The highest BCUT2D eigenvalue weighted by Gasteiger charge is 2.32. The molecule has 0 spiro atoms. The lowest BCUT2D eigenvalue weighted by molar-refractivity contribution is 0.0286. The van der Waals surface area contributed by atoms with Crippen LogP contribution >= 0.6 is 0 Å². The molecule has 1 saturated heterocycles. The summed E-state index contributed by atoms with van der Waals surface area (Å²) in [7, 11) is 0. The van der Waals surface area contributed by atoms with Gasteiger partial charge in [-0.25, -0.2) is 0 Å². The summed E-state index contributed by atoms with van der Waals surface area (Å²) in [6.45, 7) is 24.4. The van der Waals surface area contributed by atoms with Gasteiger partial charge in [-0.1, -0.05) is 92.1 Å². The van der Waals surface area contributed by atoms with Gasteiger partial charge in [0.05, 0.1) is 0 Å². The summed E-state index contributed by atoms with van der Waals surface area (Å²) in [6, 6.07) is 15.8. The molecule has 184 valence electrons. The third-order valence-electron chi connectivity index (χ3n) is 5.93. The molecule has 0 unspecified atom stereocenters. The number of allylic oxidation sites excluding steroid dienone is 2. The van der Waals surface area contributed by atoms with Gasteiger partial charge >= 0.3 is 0 Å². The lowest BCUT2D eigenvalue weighted by atomic mass is 9.71. The van der Waals surface area contributed by atoms with Crippen molar-refractivity contribution in [3.8, 4) is 5.75 Å². The van der Waals surface area contributed by atoms with Crippen LogP contribution in [0, 0.1) is 19.3 Å². The Kier molecular flexibility index (Phi) is 16.0. The number of para-hydroxylation sites is 1. The molecule has 2 aromatic rings. The number of ether oxygens (including phenoxy) is 1. The molecule has 0 amide bonds. The van der Waals surface area contributed by atoms with E-state index < -0.39 is 0 Å². The first-order valence-corrected chi connectivity index (χ1v) is 12.4. The molecule has 1 fully saturated rings. The van der Waals surface area contributed by atoms with Gasteiger partial charge in [0.15, 0.2) is 0 Å². The molecule has 0 radical (unpaired) electrons. The maximum absolute atomic E-state index is 9.11. The fourth-order valence-electron chi connectivity index (χ4n) is 3.72. The molecule has 0 saturated carbocycles. The van der Waals surface area contributed by atoms with E-state index in [1.807, 2.05) is 39.0 Å². The van der Waals surface area contributed by atoms with Crippen molar-refractivity contribution in [3.63, 3.8) is 0 Å². The second-order valence-electron chi connectivity index (χ2n) is 8.77. The minimum atomic E-state index is 0.331. The Morgan fingerprint density at radius 2 is 1.48 bits per heavy atom. The van der Waals surface area contributed by atoms with E-state index in [0.717, 1.165) is 44.5 Å². The molecule has 3 rings (SSSR count). The van der Waals surface area contributed by atoms with Gasteiger partial charge in [0.1, 0.15) is 5.75 Å². The molecule has 0 aromatic heterocycles. The Labute approximate surface area is 204 Å². The number of aryl methyl sites for hydroxylation is 3. The summed E-state index contributed by atoms with van der Waals surface area (Å²) in [5.41, 5.74) is 6.61. The summed E-state index contributed by atoms with van der Waals surface area (Å²) < 4.78 is 5.42. The molecule has 1 heterocycles. The quantitative estimate of drug-likeness (QED) is 0.459. The van der Waals surface area contributed by atoms with Crippen LogP contribution in [-0.4, -0.2) is 18.3 Å². The Bertz CT molecular complexity index is 796. The predicted octanol–water partition coefficient (Wildman–Crippen LogP) is 9.00. The molecule has 2 aromatic carbocycles. The third kappa shape index (κ3) is 12.5. The molecule has 33 heavy (non-hydrogen) atoms. The van der Waals surface area contributed by atoms with Crippen LogP contribution in [0.4, 0.5) is 0 Å². The van der Waals surface area contributed by atoms with E-state index in [-0.39, 0.29) is 0 Å². The first-order chi connectivity index (χ1) is 15.7. The van der Waals surface area contributed by atoms with Gasteiger partial charge in [0.2, 0.25) is 0 Å². The average Bonchev–Trinajstić information content (AvgIpc) is 2.80. The number of phenols is 1. The molecule has 1 aliphatic heterocycles. The maximum Gasteiger partial charge on any atom is 0.118 e. The van der Waals surface area contributed by atoms with Gasteiger partial charge in [0.25, 0.3) is 0 Å². The van der Waals surface area contributed by atoms with Gasteiger partial charge in [-0.05, 0) is 76.8 Å². The number of hydrogen-bond acceptors (Lipinski definition) is 2. The van der Waals surface area contributed by atoms with Gasteiger partial charge in [-0.3, -0.25) is 0 Å². The van der Waals surface area contributed by atoms with Crippen molar-refractivity contribution in [2.75, 3.05) is 13.2 Å². The summed E-state index contributed by atoms with van der Waals surface area (Å²) in [4.78, 5) is 0. The summed E-state index contributed by atoms with van der Waals surface area (Å²) >= 11 is 0. The largest absolute Gasteiger partial charge is 0.508 e. The van der Waals surface area contributed by atoms with Crippen molar-refractivity contribution in [1.29, 1.82) is 0 Å². The van der Waals surface area contributed by atoms with E-state index in [1.165, 1.54) is 28.7 Å². The molecular formula is C31H48O2. The highest BCUT2D eigenvalue weighted by atomic mass is 16.5. The van der Waals surface area contributed by atoms with Gasteiger partial charge < -0.3 is 9.84 Å². The van der Waals surface area contributed by atoms with Crippen molar-refractivity contribution in [3.05, 3.63) is 89.5 Å². The smallest absolute Gasteiger partial charge is 0.118 e. The lowest BCUT2D eigenvalue weighted by Gasteiger charge is -2.38. The zero-order valence-electron chi connectivity index (χ0n) is 22.3. The molecule has 0 atom stereocenters. The Morgan fingerprint density at radius 3 is 1.85 bits per heavy atom. The first-order valence-electron chi connectivity index (χ1n) is 12.4. The van der Waals surface area contributed by atoms with E-state index in [0.29, 0.717) is 11.2 Å². The fraction of sp³-hybridized carbons (Fsp3) is 0.484. The zero-order valence-corrected chi connectivity index (χ0v) is 22.3. The first kappa shape index (κ1) is 30.7. The molecule has 2 heteroatoms. The summed E-state index contributed by atoms with van der Waals surface area (Å²) in [5, 5.41) is 9.11. The molecule has 2 nitrogen and oxygen atoms in total. The van der Waals surface area contributed by atoms with Crippen molar-refractivity contribution < 1.29 is 9.84 Å². The van der Waals surface area contributed by atoms with Crippen molar-refractivity contribution in [2.45, 2.75) is 80.6 Å². The Hall–Kier alpha value is -2.32. The van der Waals surface area contributed by atoms with Crippen LogP contribution in [0.2, 0.25) is 0 Å². The number of benzene rings is 2. The predicted molar refractivity (Wildman–Crippen MR) is 146 cm³/mol. The summed E-state index contributed by atoms with van der Waals surface area (Å²) in [5.74, 6) is 0.403. The zero-order chi connectivity index (χ0) is 25.3. The minimum absolute atomic E-state index is 0.331. The topological polar surface area (TPSA) is 29.5 Å². The van der Waals surface area contributed by atoms with Gasteiger partial charge in [-0.15, -0.1) is 6.58 Å². The van der Waals surface area contributed by atoms with Crippen LogP contribution in [0.15, 0.2) is 72.8 Å². The second-order valence-corrected chi connectivity index (χ2v) is 8.77. The monoisotopic (exact) mass is 452 g/mol. The third-order valence-corrected chi connectivity index (χ3v) is 5.93. The molecule has 0 bridgehead atoms. The van der Waals surface area contributed by atoms with Crippen LogP contribution in [0.25, 0.3) is 0 Å². The number of rotatable bonds is 5. The van der Waals surface area contributed by atoms with Crippen LogP contribution in [0.5, 0.6) is 5.75 Å². The van der Waals surface area contributed by atoms with E-state index in [9.17, 15) is 0 Å². The van der Waals surface area contributed by atoms with E-state index in [2.05, 4.69) is 65.1 Å². The number of hydrogen-bond donors (Lipinski definition) is 1.